The van der Waals surface area contributed by atoms with Crippen LogP contribution in [0.3, 0.4) is 0 Å². The molecule has 0 spiro atoms. The maximum absolute atomic E-state index is 12.6. The monoisotopic (exact) mass is 385 g/mol. The molecular formula is C21H23NO4S. The number of methoxy groups -OCH3 is 1. The number of hydrogen-bond donors (Lipinski definition) is 1. The molecule has 5 nitrogen and oxygen atoms in total. The predicted molar refractivity (Wildman–Crippen MR) is 105 cm³/mol. The number of hydrogen-bond acceptors (Lipinski definition) is 5. The molecule has 1 saturated heterocycles. The number of esters is 1. The Morgan fingerprint density at radius 1 is 1.22 bits per heavy atom. The molecule has 2 atom stereocenters. The molecule has 142 valence electrons. The molecule has 1 fully saturated rings. The Balaban J connectivity index is 1.62. The van der Waals surface area contributed by atoms with Crippen LogP contribution in [0.1, 0.15) is 41.7 Å². The highest BCUT2D eigenvalue weighted by molar-refractivity contribution is 8.00. The van der Waals surface area contributed by atoms with Crippen molar-refractivity contribution in [2.75, 3.05) is 13.7 Å². The molecule has 6 heteroatoms. The first-order chi connectivity index (χ1) is 13.1. The van der Waals surface area contributed by atoms with Crippen molar-refractivity contribution in [1.82, 2.24) is 5.32 Å². The third kappa shape index (κ3) is 4.83. The van der Waals surface area contributed by atoms with E-state index in [0.717, 1.165) is 29.1 Å². The van der Waals surface area contributed by atoms with Crippen LogP contribution in [0, 0.1) is 0 Å². The van der Waals surface area contributed by atoms with Crippen LogP contribution < -0.4 is 10.1 Å². The summed E-state index contributed by atoms with van der Waals surface area (Å²) in [5.41, 5.74) is 1.64. The molecule has 2 aromatic rings. The molecule has 1 N–H and O–H groups in total. The second-order valence-corrected chi connectivity index (χ2v) is 7.57. The third-order valence-electron chi connectivity index (χ3n) is 4.51. The van der Waals surface area contributed by atoms with Gasteiger partial charge in [-0.15, -0.1) is 11.8 Å². The van der Waals surface area contributed by atoms with Crippen LogP contribution >= 0.6 is 11.8 Å². The highest BCUT2D eigenvalue weighted by atomic mass is 32.2. The first-order valence-electron chi connectivity index (χ1n) is 8.99. The summed E-state index contributed by atoms with van der Waals surface area (Å²) in [6, 6.07) is 15.0. The Morgan fingerprint density at radius 3 is 2.48 bits per heavy atom. The standard InChI is InChI=1S/C21H23NO4S/c1-3-18(14-4-8-16(25-2)9-5-14)22-20(23)15-6-10-17(11-7-15)27-19-12-13-26-21(19)24/h4-11,18-19H,3,12-13H2,1-2H3,(H,22,23)/t18-,19+/m0/s1. The van der Waals surface area contributed by atoms with E-state index in [1.807, 2.05) is 43.3 Å². The van der Waals surface area contributed by atoms with Crippen LogP contribution in [0.5, 0.6) is 5.75 Å². The molecule has 1 heterocycles. The lowest BCUT2D eigenvalue weighted by Crippen LogP contribution is -2.28. The van der Waals surface area contributed by atoms with E-state index in [1.54, 1.807) is 19.2 Å². The molecule has 1 aliphatic heterocycles. The number of carbonyl (C=O) groups excluding carboxylic acids is 2. The van der Waals surface area contributed by atoms with Crippen LogP contribution in [0.25, 0.3) is 0 Å². The van der Waals surface area contributed by atoms with E-state index in [9.17, 15) is 9.59 Å². The van der Waals surface area contributed by atoms with Crippen LogP contribution in [0.2, 0.25) is 0 Å². The van der Waals surface area contributed by atoms with Gasteiger partial charge in [0.1, 0.15) is 11.0 Å². The second kappa shape index (κ2) is 8.95. The van der Waals surface area contributed by atoms with E-state index < -0.39 is 0 Å². The zero-order valence-electron chi connectivity index (χ0n) is 15.4. The van der Waals surface area contributed by atoms with E-state index in [2.05, 4.69) is 5.32 Å². The molecule has 1 aliphatic rings. The average Bonchev–Trinajstić information content (AvgIpc) is 3.11. The summed E-state index contributed by atoms with van der Waals surface area (Å²) < 4.78 is 10.2. The third-order valence-corrected chi connectivity index (χ3v) is 5.77. The lowest BCUT2D eigenvalue weighted by molar-refractivity contribution is -0.137. The molecule has 1 amide bonds. The number of amides is 1. The summed E-state index contributed by atoms with van der Waals surface area (Å²) in [7, 11) is 1.63. The molecule has 0 bridgehead atoms. The normalized spacial score (nSPS) is 17.3. The van der Waals surface area contributed by atoms with Crippen molar-refractivity contribution in [2.24, 2.45) is 0 Å². The summed E-state index contributed by atoms with van der Waals surface area (Å²) in [6.07, 6.45) is 1.52. The molecule has 0 aromatic heterocycles. The maximum atomic E-state index is 12.6. The molecule has 0 saturated carbocycles. The van der Waals surface area contributed by atoms with Gasteiger partial charge in [-0.3, -0.25) is 9.59 Å². The summed E-state index contributed by atoms with van der Waals surface area (Å²) >= 11 is 1.48. The van der Waals surface area contributed by atoms with Crippen molar-refractivity contribution in [2.45, 2.75) is 36.0 Å². The highest BCUT2D eigenvalue weighted by Crippen LogP contribution is 2.29. The predicted octanol–water partition coefficient (Wildman–Crippen LogP) is 3.98. The quantitative estimate of drug-likeness (QED) is 0.730. The van der Waals surface area contributed by atoms with Crippen molar-refractivity contribution >= 4 is 23.6 Å². The average molecular weight is 385 g/mol. The van der Waals surface area contributed by atoms with Gasteiger partial charge in [0, 0.05) is 16.9 Å². The maximum Gasteiger partial charge on any atom is 0.319 e. The van der Waals surface area contributed by atoms with E-state index in [-0.39, 0.29) is 23.2 Å². The first-order valence-corrected chi connectivity index (χ1v) is 9.87. The van der Waals surface area contributed by atoms with Gasteiger partial charge in [0.15, 0.2) is 0 Å². The Labute approximate surface area is 163 Å². The van der Waals surface area contributed by atoms with Crippen molar-refractivity contribution in [3.8, 4) is 5.75 Å². The lowest BCUT2D eigenvalue weighted by atomic mass is 10.0. The van der Waals surface area contributed by atoms with Gasteiger partial charge in [-0.1, -0.05) is 19.1 Å². The van der Waals surface area contributed by atoms with Gasteiger partial charge in [0.25, 0.3) is 5.91 Å². The number of nitrogens with one attached hydrogen (secondary N) is 1. The van der Waals surface area contributed by atoms with Crippen molar-refractivity contribution in [3.05, 3.63) is 59.7 Å². The Bertz CT molecular complexity index is 789. The van der Waals surface area contributed by atoms with Crippen molar-refractivity contribution < 1.29 is 19.1 Å². The smallest absolute Gasteiger partial charge is 0.319 e. The topological polar surface area (TPSA) is 64.6 Å². The summed E-state index contributed by atoms with van der Waals surface area (Å²) in [5.74, 6) is 0.515. The Kier molecular flexibility index (Phi) is 6.40. The largest absolute Gasteiger partial charge is 0.497 e. The lowest BCUT2D eigenvalue weighted by Gasteiger charge is -2.18. The second-order valence-electron chi connectivity index (χ2n) is 6.29. The van der Waals surface area contributed by atoms with Gasteiger partial charge in [-0.05, 0) is 48.4 Å². The van der Waals surface area contributed by atoms with Gasteiger partial charge in [-0.25, -0.2) is 0 Å². The van der Waals surface area contributed by atoms with Gasteiger partial charge in [0.2, 0.25) is 0 Å². The molecule has 0 aliphatic carbocycles. The summed E-state index contributed by atoms with van der Waals surface area (Å²) in [4.78, 5) is 25.1. The molecule has 0 unspecified atom stereocenters. The minimum Gasteiger partial charge on any atom is -0.497 e. The molecule has 0 radical (unpaired) electrons. The zero-order chi connectivity index (χ0) is 19.2. The molecular weight excluding hydrogens is 362 g/mol. The number of carbonyl (C=O) groups is 2. The fourth-order valence-corrected chi connectivity index (χ4v) is 3.93. The van der Waals surface area contributed by atoms with Crippen LogP contribution in [-0.2, 0) is 9.53 Å². The van der Waals surface area contributed by atoms with Crippen molar-refractivity contribution in [1.29, 1.82) is 0 Å². The van der Waals surface area contributed by atoms with E-state index in [0.29, 0.717) is 12.2 Å². The molecule has 3 rings (SSSR count). The van der Waals surface area contributed by atoms with Gasteiger partial charge in [-0.2, -0.15) is 0 Å². The Morgan fingerprint density at radius 2 is 1.93 bits per heavy atom. The number of ether oxygens (including phenoxy) is 2. The van der Waals surface area contributed by atoms with Gasteiger partial charge < -0.3 is 14.8 Å². The SMILES string of the molecule is CC[C@H](NC(=O)c1ccc(S[C@@H]2CCOC2=O)cc1)c1ccc(OC)cc1. The molecule has 2 aromatic carbocycles. The number of cyclic esters (lactones) is 1. The number of thioether (sulfide) groups is 1. The minimum absolute atomic E-state index is 0.0642. The minimum atomic E-state index is -0.160. The zero-order valence-corrected chi connectivity index (χ0v) is 16.3. The summed E-state index contributed by atoms with van der Waals surface area (Å²) in [5, 5.41) is 2.93. The van der Waals surface area contributed by atoms with Crippen molar-refractivity contribution in [3.63, 3.8) is 0 Å². The number of rotatable bonds is 7. The number of benzene rings is 2. The van der Waals surface area contributed by atoms with Crippen LogP contribution in [0.15, 0.2) is 53.4 Å². The molecule has 27 heavy (non-hydrogen) atoms. The fourth-order valence-electron chi connectivity index (χ4n) is 2.93. The Hall–Kier alpha value is -2.47. The van der Waals surface area contributed by atoms with Gasteiger partial charge >= 0.3 is 5.97 Å². The van der Waals surface area contributed by atoms with Crippen LogP contribution in [-0.4, -0.2) is 30.8 Å². The van der Waals surface area contributed by atoms with E-state index >= 15 is 0 Å². The summed E-state index contributed by atoms with van der Waals surface area (Å²) in [6.45, 7) is 2.52. The fraction of sp³-hybridized carbons (Fsp3) is 0.333. The van der Waals surface area contributed by atoms with Crippen LogP contribution in [0.4, 0.5) is 0 Å². The first kappa shape index (κ1) is 19.3. The highest BCUT2D eigenvalue weighted by Gasteiger charge is 2.27. The van der Waals surface area contributed by atoms with Gasteiger partial charge in [0.05, 0.1) is 19.8 Å². The van der Waals surface area contributed by atoms with E-state index in [4.69, 9.17) is 9.47 Å². The van der Waals surface area contributed by atoms with E-state index in [1.165, 1.54) is 11.8 Å².